The molecule has 0 bridgehead atoms. The number of rotatable bonds is 3. The number of halogens is 4. The van der Waals surface area contributed by atoms with Crippen molar-refractivity contribution in [2.24, 2.45) is 0 Å². The Labute approximate surface area is 172 Å². The van der Waals surface area contributed by atoms with Crippen LogP contribution in [-0.4, -0.2) is 4.57 Å². The molecule has 4 rings (SSSR count). The molecule has 0 unspecified atom stereocenters. The van der Waals surface area contributed by atoms with Crippen LogP contribution in [0.2, 0.25) is 0 Å². The Hall–Kier alpha value is -1.93. The van der Waals surface area contributed by atoms with Crippen LogP contribution < -0.4 is 0 Å². The minimum atomic E-state index is -4.37. The Kier molecular flexibility index (Phi) is 4.94. The highest BCUT2D eigenvalue weighted by Crippen LogP contribution is 2.39. The first-order valence-corrected chi connectivity index (χ1v) is 10.0. The molecule has 27 heavy (non-hydrogen) atoms. The van der Waals surface area contributed by atoms with Gasteiger partial charge < -0.3 is 4.57 Å². The fourth-order valence-corrected chi connectivity index (χ4v) is 4.42. The average Bonchev–Trinajstić information content (AvgIpc) is 3.00. The third kappa shape index (κ3) is 3.87. The zero-order valence-electron chi connectivity index (χ0n) is 13.9. The van der Waals surface area contributed by atoms with Crippen LogP contribution >= 0.6 is 34.4 Å². The van der Waals surface area contributed by atoms with Crippen LogP contribution in [0.4, 0.5) is 13.2 Å². The number of alkyl halides is 3. The SMILES string of the molecule is FC(F)(F)c1ccc2c(c1)c(Sc1ccccc1)cn2-c1cccc(I)c1. The van der Waals surface area contributed by atoms with E-state index in [0.29, 0.717) is 5.39 Å². The van der Waals surface area contributed by atoms with Crippen molar-refractivity contribution in [1.29, 1.82) is 0 Å². The van der Waals surface area contributed by atoms with Crippen molar-refractivity contribution in [1.82, 2.24) is 4.57 Å². The predicted molar refractivity (Wildman–Crippen MR) is 112 cm³/mol. The molecule has 0 aliphatic rings. The third-order valence-electron chi connectivity index (χ3n) is 4.15. The molecule has 1 nitrogen and oxygen atoms in total. The number of hydrogen-bond acceptors (Lipinski definition) is 1. The van der Waals surface area contributed by atoms with Gasteiger partial charge in [0.05, 0.1) is 11.1 Å². The van der Waals surface area contributed by atoms with Gasteiger partial charge in [0.15, 0.2) is 0 Å². The van der Waals surface area contributed by atoms with E-state index < -0.39 is 11.7 Å². The maximum atomic E-state index is 13.2. The monoisotopic (exact) mass is 495 g/mol. The van der Waals surface area contributed by atoms with Gasteiger partial charge >= 0.3 is 6.18 Å². The van der Waals surface area contributed by atoms with Crippen molar-refractivity contribution in [2.75, 3.05) is 0 Å². The van der Waals surface area contributed by atoms with E-state index in [1.165, 1.54) is 17.8 Å². The largest absolute Gasteiger partial charge is 0.416 e. The molecule has 0 aliphatic heterocycles. The lowest BCUT2D eigenvalue weighted by Crippen LogP contribution is -2.04. The molecule has 0 spiro atoms. The van der Waals surface area contributed by atoms with Gasteiger partial charge in [-0.3, -0.25) is 0 Å². The molecule has 0 N–H and O–H groups in total. The molecule has 0 radical (unpaired) electrons. The summed E-state index contributed by atoms with van der Waals surface area (Å²) in [5.74, 6) is 0. The van der Waals surface area contributed by atoms with Crippen LogP contribution in [0.25, 0.3) is 16.6 Å². The summed E-state index contributed by atoms with van der Waals surface area (Å²) in [5.41, 5.74) is 1.04. The van der Waals surface area contributed by atoms with E-state index in [0.717, 1.165) is 30.6 Å². The molecule has 0 saturated carbocycles. The van der Waals surface area contributed by atoms with E-state index in [1.54, 1.807) is 6.07 Å². The first-order valence-electron chi connectivity index (χ1n) is 8.13. The second-order valence-corrected chi connectivity index (χ2v) is 8.35. The van der Waals surface area contributed by atoms with Gasteiger partial charge in [-0.15, -0.1) is 0 Å². The highest BCUT2D eigenvalue weighted by atomic mass is 127. The summed E-state index contributed by atoms with van der Waals surface area (Å²) in [6, 6.07) is 21.5. The third-order valence-corrected chi connectivity index (χ3v) is 5.88. The van der Waals surface area contributed by atoms with E-state index in [4.69, 9.17) is 0 Å². The van der Waals surface area contributed by atoms with E-state index >= 15 is 0 Å². The molecular weight excluding hydrogens is 482 g/mol. The minimum Gasteiger partial charge on any atom is -0.315 e. The van der Waals surface area contributed by atoms with Crippen molar-refractivity contribution in [3.05, 3.63) is 88.1 Å². The molecule has 0 fully saturated rings. The minimum absolute atomic E-state index is 0.595. The first kappa shape index (κ1) is 18.4. The number of benzene rings is 3. The van der Waals surface area contributed by atoms with Gasteiger partial charge in [-0.25, -0.2) is 0 Å². The zero-order chi connectivity index (χ0) is 19.0. The van der Waals surface area contributed by atoms with Crippen LogP contribution in [-0.2, 0) is 6.18 Å². The number of nitrogens with zero attached hydrogens (tertiary/aromatic N) is 1. The fourth-order valence-electron chi connectivity index (χ4n) is 2.91. The molecular formula is C21H13F3INS. The summed E-state index contributed by atoms with van der Waals surface area (Å²) in [6.07, 6.45) is -2.46. The van der Waals surface area contributed by atoms with Gasteiger partial charge in [-0.05, 0) is 71.1 Å². The van der Waals surface area contributed by atoms with Crippen LogP contribution in [0.1, 0.15) is 5.56 Å². The van der Waals surface area contributed by atoms with E-state index in [9.17, 15) is 13.2 Å². The Balaban J connectivity index is 1.91. The second-order valence-electron chi connectivity index (χ2n) is 5.99. The standard InChI is InChI=1S/C21H13F3INS/c22-21(23,24)14-9-10-19-18(11-14)20(27-17-7-2-1-3-8-17)13-26(19)16-6-4-5-15(25)12-16/h1-13H. The summed E-state index contributed by atoms with van der Waals surface area (Å²) in [4.78, 5) is 1.78. The fraction of sp³-hybridized carbons (Fsp3) is 0.0476. The predicted octanol–water partition coefficient (Wildman–Crippen LogP) is 7.41. The Morgan fingerprint density at radius 3 is 2.33 bits per heavy atom. The lowest BCUT2D eigenvalue weighted by Gasteiger charge is -2.09. The number of fused-ring (bicyclic) bond motifs is 1. The molecule has 136 valence electrons. The molecule has 0 saturated heterocycles. The summed E-state index contributed by atoms with van der Waals surface area (Å²) in [7, 11) is 0. The lowest BCUT2D eigenvalue weighted by atomic mass is 10.1. The van der Waals surface area contributed by atoms with Crippen molar-refractivity contribution in [3.8, 4) is 5.69 Å². The van der Waals surface area contributed by atoms with E-state index in [1.807, 2.05) is 65.4 Å². The Morgan fingerprint density at radius 2 is 1.63 bits per heavy atom. The molecule has 6 heteroatoms. The molecule has 1 heterocycles. The van der Waals surface area contributed by atoms with Crippen molar-refractivity contribution in [2.45, 2.75) is 16.0 Å². The van der Waals surface area contributed by atoms with Gasteiger partial charge in [0.2, 0.25) is 0 Å². The average molecular weight is 495 g/mol. The Bertz CT molecular complexity index is 1100. The lowest BCUT2D eigenvalue weighted by molar-refractivity contribution is -0.137. The van der Waals surface area contributed by atoms with Crippen LogP contribution in [0.15, 0.2) is 88.8 Å². The number of hydrogen-bond donors (Lipinski definition) is 0. The van der Waals surface area contributed by atoms with Crippen molar-refractivity contribution < 1.29 is 13.2 Å². The summed E-state index contributed by atoms with van der Waals surface area (Å²) in [5, 5.41) is 0.595. The molecule has 0 aliphatic carbocycles. The Morgan fingerprint density at radius 1 is 0.852 bits per heavy atom. The molecule has 4 aromatic rings. The van der Waals surface area contributed by atoms with E-state index in [-0.39, 0.29) is 0 Å². The van der Waals surface area contributed by atoms with Gasteiger partial charge in [-0.2, -0.15) is 13.2 Å². The molecule has 0 atom stereocenters. The van der Waals surface area contributed by atoms with Gasteiger partial charge in [0.25, 0.3) is 0 Å². The first-order chi connectivity index (χ1) is 12.9. The van der Waals surface area contributed by atoms with Crippen molar-refractivity contribution in [3.63, 3.8) is 0 Å². The van der Waals surface area contributed by atoms with Gasteiger partial charge in [0, 0.05) is 30.6 Å². The molecule has 1 aromatic heterocycles. The topological polar surface area (TPSA) is 4.93 Å². The summed E-state index contributed by atoms with van der Waals surface area (Å²) in [6.45, 7) is 0. The number of aromatic nitrogens is 1. The quantitative estimate of drug-likeness (QED) is 0.268. The maximum absolute atomic E-state index is 13.2. The van der Waals surface area contributed by atoms with Crippen LogP contribution in [0.3, 0.4) is 0 Å². The highest BCUT2D eigenvalue weighted by Gasteiger charge is 2.31. The van der Waals surface area contributed by atoms with Gasteiger partial charge in [0.1, 0.15) is 0 Å². The summed E-state index contributed by atoms with van der Waals surface area (Å²) < 4.78 is 42.7. The van der Waals surface area contributed by atoms with Crippen LogP contribution in [0.5, 0.6) is 0 Å². The normalized spacial score (nSPS) is 11.9. The van der Waals surface area contributed by atoms with E-state index in [2.05, 4.69) is 22.6 Å². The van der Waals surface area contributed by atoms with Gasteiger partial charge in [-0.1, -0.05) is 36.0 Å². The highest BCUT2D eigenvalue weighted by molar-refractivity contribution is 14.1. The van der Waals surface area contributed by atoms with Crippen molar-refractivity contribution >= 4 is 45.3 Å². The van der Waals surface area contributed by atoms with Crippen LogP contribution in [0, 0.1) is 3.57 Å². The molecule has 3 aromatic carbocycles. The smallest absolute Gasteiger partial charge is 0.315 e. The zero-order valence-corrected chi connectivity index (χ0v) is 16.8. The second kappa shape index (κ2) is 7.24. The summed E-state index contributed by atoms with van der Waals surface area (Å²) >= 11 is 3.70. The maximum Gasteiger partial charge on any atom is 0.416 e. The molecule has 0 amide bonds.